The third-order valence-corrected chi connectivity index (χ3v) is 6.16. The molecule has 2 aliphatic rings. The number of hydrogen-bond acceptors (Lipinski definition) is 5. The Morgan fingerprint density at radius 2 is 2.18 bits per heavy atom. The SMILES string of the molecule is C[C@@]12CC[C@H](CCc3nn[nH]n3)C[C@]1(C)CC(C(=O)O)NC2. The van der Waals surface area contributed by atoms with E-state index >= 15 is 0 Å². The average Bonchev–Trinajstić information content (AvgIpc) is 2.98. The molecule has 3 rings (SSSR count). The number of aliphatic carboxylic acids is 1. The molecule has 1 aliphatic carbocycles. The molecular weight excluding hydrogens is 282 g/mol. The maximum absolute atomic E-state index is 11.3. The Hall–Kier alpha value is -1.50. The van der Waals surface area contributed by atoms with E-state index < -0.39 is 12.0 Å². The lowest BCUT2D eigenvalue weighted by atomic mass is 9.51. The minimum absolute atomic E-state index is 0.0848. The second-order valence-electron chi connectivity index (χ2n) is 7.57. The van der Waals surface area contributed by atoms with E-state index in [0.717, 1.165) is 44.5 Å². The van der Waals surface area contributed by atoms with Crippen LogP contribution in [0.2, 0.25) is 0 Å². The molecule has 1 aromatic heterocycles. The van der Waals surface area contributed by atoms with Crippen molar-refractivity contribution in [3.63, 3.8) is 0 Å². The fourth-order valence-corrected chi connectivity index (χ4v) is 4.36. The van der Waals surface area contributed by atoms with Crippen LogP contribution in [0.4, 0.5) is 0 Å². The van der Waals surface area contributed by atoms with Crippen molar-refractivity contribution in [3.8, 4) is 0 Å². The van der Waals surface area contributed by atoms with Crippen LogP contribution in [0, 0.1) is 16.7 Å². The number of H-pyrrole nitrogens is 1. The second-order valence-corrected chi connectivity index (χ2v) is 7.57. The smallest absolute Gasteiger partial charge is 0.320 e. The number of aryl methyl sites for hydroxylation is 1. The molecule has 0 radical (unpaired) electrons. The normalized spacial score (nSPS) is 38.5. The Morgan fingerprint density at radius 1 is 1.36 bits per heavy atom. The van der Waals surface area contributed by atoms with Crippen molar-refractivity contribution in [2.75, 3.05) is 6.54 Å². The number of rotatable bonds is 4. The molecule has 3 N–H and O–H groups in total. The van der Waals surface area contributed by atoms with Crippen LogP contribution >= 0.6 is 0 Å². The van der Waals surface area contributed by atoms with Gasteiger partial charge in [-0.1, -0.05) is 19.1 Å². The molecule has 1 unspecified atom stereocenters. The predicted octanol–water partition coefficient (Wildman–Crippen LogP) is 1.39. The van der Waals surface area contributed by atoms with E-state index in [0.29, 0.717) is 5.92 Å². The monoisotopic (exact) mass is 307 g/mol. The molecule has 2 fully saturated rings. The van der Waals surface area contributed by atoms with Crippen molar-refractivity contribution < 1.29 is 9.90 Å². The fourth-order valence-electron chi connectivity index (χ4n) is 4.36. The molecular formula is C15H25N5O2. The van der Waals surface area contributed by atoms with E-state index in [-0.39, 0.29) is 10.8 Å². The Bertz CT molecular complexity index is 534. The molecule has 7 nitrogen and oxygen atoms in total. The van der Waals surface area contributed by atoms with E-state index in [1.165, 1.54) is 6.42 Å². The van der Waals surface area contributed by atoms with Gasteiger partial charge in [0.1, 0.15) is 6.04 Å². The number of fused-ring (bicyclic) bond motifs is 1. The van der Waals surface area contributed by atoms with Crippen molar-refractivity contribution in [1.29, 1.82) is 0 Å². The number of tetrazole rings is 1. The first-order chi connectivity index (χ1) is 10.4. The van der Waals surface area contributed by atoms with Crippen LogP contribution in [0.5, 0.6) is 0 Å². The summed E-state index contributed by atoms with van der Waals surface area (Å²) in [5.41, 5.74) is 0.281. The molecule has 7 heteroatoms. The highest BCUT2D eigenvalue weighted by molar-refractivity contribution is 5.73. The summed E-state index contributed by atoms with van der Waals surface area (Å²) in [6.45, 7) is 5.40. The summed E-state index contributed by atoms with van der Waals surface area (Å²) in [7, 11) is 0. The van der Waals surface area contributed by atoms with Crippen LogP contribution < -0.4 is 5.32 Å². The van der Waals surface area contributed by atoms with Gasteiger partial charge < -0.3 is 10.4 Å². The van der Waals surface area contributed by atoms with Crippen LogP contribution in [-0.2, 0) is 11.2 Å². The lowest BCUT2D eigenvalue weighted by molar-refractivity contribution is -0.145. The zero-order valence-corrected chi connectivity index (χ0v) is 13.3. The number of piperidine rings is 1. The molecule has 0 bridgehead atoms. The summed E-state index contributed by atoms with van der Waals surface area (Å²) in [5.74, 6) is 0.661. The lowest BCUT2D eigenvalue weighted by Gasteiger charge is -2.57. The van der Waals surface area contributed by atoms with E-state index in [2.05, 4.69) is 39.8 Å². The van der Waals surface area contributed by atoms with Gasteiger partial charge in [-0.15, -0.1) is 10.2 Å². The molecule has 22 heavy (non-hydrogen) atoms. The van der Waals surface area contributed by atoms with Gasteiger partial charge in [-0.05, 0) is 48.9 Å². The number of aromatic nitrogens is 4. The molecule has 0 aromatic carbocycles. The van der Waals surface area contributed by atoms with Crippen molar-refractivity contribution in [2.24, 2.45) is 16.7 Å². The van der Waals surface area contributed by atoms with Gasteiger partial charge in [-0.25, -0.2) is 0 Å². The van der Waals surface area contributed by atoms with E-state index in [1.54, 1.807) is 0 Å². The highest BCUT2D eigenvalue weighted by Crippen LogP contribution is 2.56. The lowest BCUT2D eigenvalue weighted by Crippen LogP contribution is -2.59. The van der Waals surface area contributed by atoms with Crippen LogP contribution in [0.1, 0.15) is 51.8 Å². The summed E-state index contributed by atoms with van der Waals surface area (Å²) < 4.78 is 0. The Morgan fingerprint density at radius 3 is 2.86 bits per heavy atom. The molecule has 0 spiro atoms. The van der Waals surface area contributed by atoms with Crippen molar-refractivity contribution in [1.82, 2.24) is 25.9 Å². The number of hydrogen-bond donors (Lipinski definition) is 3. The van der Waals surface area contributed by atoms with Gasteiger partial charge >= 0.3 is 5.97 Å². The van der Waals surface area contributed by atoms with Crippen LogP contribution in [0.3, 0.4) is 0 Å². The highest BCUT2D eigenvalue weighted by Gasteiger charge is 2.52. The number of aromatic amines is 1. The zero-order valence-electron chi connectivity index (χ0n) is 13.3. The zero-order chi connectivity index (χ0) is 15.8. The minimum atomic E-state index is -0.725. The van der Waals surface area contributed by atoms with E-state index in [9.17, 15) is 9.90 Å². The largest absolute Gasteiger partial charge is 0.480 e. The summed E-state index contributed by atoms with van der Waals surface area (Å²) in [6, 6.07) is -0.408. The summed E-state index contributed by atoms with van der Waals surface area (Å²) in [4.78, 5) is 11.3. The topological polar surface area (TPSA) is 104 Å². The second kappa shape index (κ2) is 5.61. The standard InChI is InChI=1S/C15H25N5O2/c1-14-6-5-10(3-4-12-17-19-20-18-12)7-15(14,2)8-11(13(21)22)16-9-14/h10-11,16H,3-9H2,1-2H3,(H,21,22)(H,17,18,19,20)/t10-,11?,14-,15+/m0/s1. The van der Waals surface area contributed by atoms with Gasteiger partial charge in [0, 0.05) is 13.0 Å². The first kappa shape index (κ1) is 15.4. The molecule has 1 saturated heterocycles. The molecule has 1 aromatic rings. The van der Waals surface area contributed by atoms with Crippen LogP contribution in [-0.4, -0.2) is 44.3 Å². The first-order valence-corrected chi connectivity index (χ1v) is 8.10. The summed E-state index contributed by atoms with van der Waals surface area (Å²) in [6.07, 6.45) is 6.05. The number of nitrogens with one attached hydrogen (secondary N) is 2. The Balaban J connectivity index is 1.66. The molecule has 1 aliphatic heterocycles. The first-order valence-electron chi connectivity index (χ1n) is 8.10. The van der Waals surface area contributed by atoms with Crippen LogP contribution in [0.15, 0.2) is 0 Å². The van der Waals surface area contributed by atoms with Crippen molar-refractivity contribution in [2.45, 2.75) is 58.4 Å². The van der Waals surface area contributed by atoms with Gasteiger partial charge in [0.05, 0.1) is 0 Å². The number of carboxylic acid groups (broad SMARTS) is 1. The van der Waals surface area contributed by atoms with Gasteiger partial charge in [0.25, 0.3) is 0 Å². The summed E-state index contributed by atoms with van der Waals surface area (Å²) in [5, 5.41) is 26.7. The van der Waals surface area contributed by atoms with E-state index in [4.69, 9.17) is 0 Å². The number of carbonyl (C=O) groups is 1. The fraction of sp³-hybridized carbons (Fsp3) is 0.867. The molecule has 1 saturated carbocycles. The predicted molar refractivity (Wildman–Crippen MR) is 80.1 cm³/mol. The summed E-state index contributed by atoms with van der Waals surface area (Å²) >= 11 is 0. The Kier molecular flexibility index (Phi) is 3.92. The molecule has 2 heterocycles. The van der Waals surface area contributed by atoms with Gasteiger partial charge in [0.2, 0.25) is 0 Å². The van der Waals surface area contributed by atoms with Gasteiger partial charge in [0.15, 0.2) is 5.82 Å². The van der Waals surface area contributed by atoms with Gasteiger partial charge in [-0.2, -0.15) is 5.21 Å². The highest BCUT2D eigenvalue weighted by atomic mass is 16.4. The molecule has 122 valence electrons. The molecule has 4 atom stereocenters. The van der Waals surface area contributed by atoms with Gasteiger partial charge in [-0.3, -0.25) is 4.79 Å². The number of carboxylic acids is 1. The van der Waals surface area contributed by atoms with Crippen molar-refractivity contribution >= 4 is 5.97 Å². The third kappa shape index (κ3) is 2.74. The van der Waals surface area contributed by atoms with E-state index in [1.807, 2.05) is 0 Å². The van der Waals surface area contributed by atoms with Crippen molar-refractivity contribution in [3.05, 3.63) is 5.82 Å². The average molecular weight is 307 g/mol. The maximum atomic E-state index is 11.3. The quantitative estimate of drug-likeness (QED) is 0.776. The maximum Gasteiger partial charge on any atom is 0.320 e. The minimum Gasteiger partial charge on any atom is -0.480 e. The molecule has 0 amide bonds. The van der Waals surface area contributed by atoms with Crippen LogP contribution in [0.25, 0.3) is 0 Å². The third-order valence-electron chi connectivity index (χ3n) is 6.16. The number of nitrogens with zero attached hydrogens (tertiary/aromatic N) is 3. The Labute approximate surface area is 130 Å².